The standard InChI is InChI=1S/C24H30ClN5O6/c1-34-20(31)24(11-12-24)30-22(32)27-21(29(23(30)33)14-15-2-4-16(25)5-3-15)26-17-6-8-18(9-7-17)36-19-10-13-35-28-19/h6-8,10,13,15-16,18,23,33H,2-5,9,11-12,14H2,1H3,(H,26,27,32). The third kappa shape index (κ3) is 4.94. The Hall–Kier alpha value is -3.05. The van der Waals surface area contributed by atoms with Crippen molar-refractivity contribution in [2.45, 2.75) is 68.3 Å². The summed E-state index contributed by atoms with van der Waals surface area (Å²) in [6, 6.07) is 1.05. The predicted molar refractivity (Wildman–Crippen MR) is 129 cm³/mol. The molecule has 194 valence electrons. The zero-order valence-corrected chi connectivity index (χ0v) is 20.8. The zero-order valence-electron chi connectivity index (χ0n) is 20.0. The molecule has 12 heteroatoms. The lowest BCUT2D eigenvalue weighted by Crippen LogP contribution is -2.70. The summed E-state index contributed by atoms with van der Waals surface area (Å²) in [7, 11) is 1.29. The van der Waals surface area contributed by atoms with Gasteiger partial charge in [0, 0.05) is 24.4 Å². The van der Waals surface area contributed by atoms with Crippen LogP contribution in [0.1, 0.15) is 44.9 Å². The first-order valence-electron chi connectivity index (χ1n) is 12.2. The summed E-state index contributed by atoms with van der Waals surface area (Å²) in [6.07, 6.45) is 10.4. The van der Waals surface area contributed by atoms with Crippen LogP contribution in [-0.2, 0) is 9.53 Å². The summed E-state index contributed by atoms with van der Waals surface area (Å²) < 4.78 is 15.5. The average molecular weight is 520 g/mol. The van der Waals surface area contributed by atoms with Gasteiger partial charge in [-0.3, -0.25) is 15.1 Å². The average Bonchev–Trinajstić information content (AvgIpc) is 3.50. The van der Waals surface area contributed by atoms with E-state index in [0.29, 0.717) is 37.4 Å². The monoisotopic (exact) mass is 519 g/mol. The molecule has 0 radical (unpaired) electrons. The lowest BCUT2D eigenvalue weighted by molar-refractivity contribution is -0.158. The number of aliphatic hydroxyl groups excluding tert-OH is 1. The van der Waals surface area contributed by atoms with E-state index >= 15 is 0 Å². The number of aliphatic hydroxyl groups is 1. The number of alkyl halides is 1. The van der Waals surface area contributed by atoms with Crippen LogP contribution in [0, 0.1) is 5.92 Å². The van der Waals surface area contributed by atoms with E-state index in [2.05, 4.69) is 15.5 Å². The maximum absolute atomic E-state index is 13.1. The van der Waals surface area contributed by atoms with Crippen LogP contribution in [0.3, 0.4) is 0 Å². The number of amides is 2. The third-order valence-electron chi connectivity index (χ3n) is 7.16. The summed E-state index contributed by atoms with van der Waals surface area (Å²) in [4.78, 5) is 33.1. The summed E-state index contributed by atoms with van der Waals surface area (Å²) in [5, 5.41) is 18.1. The van der Waals surface area contributed by atoms with Crippen LogP contribution in [0.4, 0.5) is 4.79 Å². The Morgan fingerprint density at radius 2 is 2.14 bits per heavy atom. The fourth-order valence-corrected chi connectivity index (χ4v) is 5.26. The van der Waals surface area contributed by atoms with Crippen LogP contribution in [0.5, 0.6) is 5.88 Å². The molecule has 2 saturated carbocycles. The van der Waals surface area contributed by atoms with E-state index in [1.807, 2.05) is 12.2 Å². The Morgan fingerprint density at radius 1 is 1.36 bits per heavy atom. The highest BCUT2D eigenvalue weighted by Gasteiger charge is 2.62. The van der Waals surface area contributed by atoms with Crippen molar-refractivity contribution in [3.8, 4) is 5.88 Å². The molecule has 0 bridgehead atoms. The van der Waals surface area contributed by atoms with Crippen molar-refractivity contribution >= 4 is 29.6 Å². The number of nitrogens with one attached hydrogen (secondary N) is 1. The van der Waals surface area contributed by atoms with Crippen molar-refractivity contribution in [2.75, 3.05) is 13.7 Å². The molecule has 5 rings (SSSR count). The maximum atomic E-state index is 13.1. The SMILES string of the molecule is COC(=O)C1(N2C(=O)NC(=NC3=CCC(Oc4ccon4)C=C3)N(CC3CCC(Cl)CC3)C2O)CC1. The second kappa shape index (κ2) is 10.1. The molecule has 3 fully saturated rings. The van der Waals surface area contributed by atoms with E-state index in [1.54, 1.807) is 17.0 Å². The number of esters is 1. The van der Waals surface area contributed by atoms with Crippen molar-refractivity contribution in [1.29, 1.82) is 0 Å². The molecule has 11 nitrogen and oxygen atoms in total. The highest BCUT2D eigenvalue weighted by molar-refractivity contribution is 6.20. The molecule has 2 N–H and O–H groups in total. The number of hydrogen-bond donors (Lipinski definition) is 2. The number of urea groups is 1. The molecule has 36 heavy (non-hydrogen) atoms. The van der Waals surface area contributed by atoms with E-state index < -0.39 is 23.9 Å². The number of hydrogen-bond acceptors (Lipinski definition) is 8. The number of allylic oxidation sites excluding steroid dienone is 1. The smallest absolute Gasteiger partial charge is 0.332 e. The first kappa shape index (κ1) is 24.6. The number of aliphatic imine (C=N–C) groups is 1. The number of guanidine groups is 1. The number of ether oxygens (including phenoxy) is 2. The van der Waals surface area contributed by atoms with E-state index in [1.165, 1.54) is 18.3 Å². The van der Waals surface area contributed by atoms with E-state index in [4.69, 9.17) is 25.6 Å². The lowest BCUT2D eigenvalue weighted by atomic mass is 9.88. The molecule has 1 saturated heterocycles. The van der Waals surface area contributed by atoms with Crippen LogP contribution in [0.2, 0.25) is 0 Å². The Labute approximate surface area is 213 Å². The van der Waals surface area contributed by atoms with Crippen molar-refractivity contribution in [1.82, 2.24) is 20.3 Å². The summed E-state index contributed by atoms with van der Waals surface area (Å²) in [5.74, 6) is 0.370. The Morgan fingerprint density at radius 3 is 2.75 bits per heavy atom. The molecule has 2 amide bonds. The minimum Gasteiger partial charge on any atom is -0.468 e. The van der Waals surface area contributed by atoms with E-state index in [9.17, 15) is 14.7 Å². The van der Waals surface area contributed by atoms with Crippen molar-refractivity contribution in [3.05, 3.63) is 36.3 Å². The number of carbonyl (C=O) groups excluding carboxylic acids is 2. The molecule has 0 spiro atoms. The second-order valence-corrected chi connectivity index (χ2v) is 10.2. The summed E-state index contributed by atoms with van der Waals surface area (Å²) >= 11 is 6.29. The molecule has 0 aromatic carbocycles. The quantitative estimate of drug-likeness (QED) is 0.415. The Balaban J connectivity index is 1.36. The fraction of sp³-hybridized carbons (Fsp3) is 0.583. The van der Waals surface area contributed by atoms with Crippen molar-refractivity contribution in [3.63, 3.8) is 0 Å². The number of rotatable bonds is 7. The van der Waals surface area contributed by atoms with Gasteiger partial charge in [0.05, 0.1) is 12.8 Å². The highest BCUT2D eigenvalue weighted by atomic mass is 35.5. The topological polar surface area (TPSA) is 130 Å². The summed E-state index contributed by atoms with van der Waals surface area (Å²) in [6.45, 7) is 0.465. The maximum Gasteiger partial charge on any atom is 0.332 e. The van der Waals surface area contributed by atoms with Crippen LogP contribution in [-0.4, -0.2) is 75.0 Å². The molecule has 4 aliphatic rings. The van der Waals surface area contributed by atoms with Gasteiger partial charge in [-0.2, -0.15) is 0 Å². The van der Waals surface area contributed by atoms with Crippen molar-refractivity contribution in [2.24, 2.45) is 10.9 Å². The van der Waals surface area contributed by atoms with Gasteiger partial charge >= 0.3 is 12.0 Å². The largest absolute Gasteiger partial charge is 0.468 e. The molecule has 3 aliphatic carbocycles. The zero-order chi connectivity index (χ0) is 25.3. The first-order chi connectivity index (χ1) is 17.4. The van der Waals surface area contributed by atoms with Crippen LogP contribution in [0.25, 0.3) is 0 Å². The molecule has 2 unspecified atom stereocenters. The second-order valence-electron chi connectivity index (χ2n) is 9.59. The van der Waals surface area contributed by atoms with Crippen molar-refractivity contribution < 1.29 is 28.7 Å². The lowest BCUT2D eigenvalue weighted by Gasteiger charge is -2.46. The van der Waals surface area contributed by atoms with Gasteiger partial charge in [0.25, 0.3) is 5.88 Å². The summed E-state index contributed by atoms with van der Waals surface area (Å²) in [5.41, 5.74) is -0.541. The fourth-order valence-electron chi connectivity index (χ4n) is 5.00. The molecule has 1 aromatic rings. The normalized spacial score (nSPS) is 30.6. The third-order valence-corrected chi connectivity index (χ3v) is 7.60. The van der Waals surface area contributed by atoms with Gasteiger partial charge in [-0.25, -0.2) is 14.6 Å². The van der Waals surface area contributed by atoms with Crippen LogP contribution in [0.15, 0.2) is 45.8 Å². The predicted octanol–water partition coefficient (Wildman–Crippen LogP) is 2.73. The van der Waals surface area contributed by atoms with Gasteiger partial charge < -0.3 is 19.1 Å². The minimum atomic E-state index is -1.36. The highest BCUT2D eigenvalue weighted by Crippen LogP contribution is 2.45. The van der Waals surface area contributed by atoms with Gasteiger partial charge in [-0.05, 0) is 61.8 Å². The molecular weight excluding hydrogens is 490 g/mol. The Kier molecular flexibility index (Phi) is 6.94. The van der Waals surface area contributed by atoms with E-state index in [0.717, 1.165) is 25.7 Å². The van der Waals surface area contributed by atoms with Gasteiger partial charge in [0.2, 0.25) is 12.3 Å². The molecule has 2 heterocycles. The first-order valence-corrected chi connectivity index (χ1v) is 12.6. The van der Waals surface area contributed by atoms with Gasteiger partial charge in [-0.1, -0.05) is 6.08 Å². The molecule has 1 aliphatic heterocycles. The van der Waals surface area contributed by atoms with Crippen LogP contribution < -0.4 is 10.1 Å². The number of carbonyl (C=O) groups is 2. The van der Waals surface area contributed by atoms with E-state index in [-0.39, 0.29) is 23.4 Å². The van der Waals surface area contributed by atoms with Gasteiger partial charge in [-0.15, -0.1) is 11.6 Å². The van der Waals surface area contributed by atoms with Gasteiger partial charge in [0.1, 0.15) is 17.9 Å². The number of methoxy groups -OCH3 is 1. The van der Waals surface area contributed by atoms with Crippen LogP contribution >= 0.6 is 11.6 Å². The number of nitrogens with zero attached hydrogens (tertiary/aromatic N) is 4. The minimum absolute atomic E-state index is 0.163. The number of halogens is 1. The number of aromatic nitrogens is 1. The Bertz CT molecular complexity index is 1060. The van der Waals surface area contributed by atoms with Gasteiger partial charge in [0.15, 0.2) is 0 Å². The molecule has 2 atom stereocenters. The molecule has 1 aromatic heterocycles. The molecular formula is C24H30ClN5O6.